The van der Waals surface area contributed by atoms with Crippen molar-refractivity contribution in [1.82, 2.24) is 15.3 Å². The molecule has 3 aliphatic heterocycles. The van der Waals surface area contributed by atoms with Gasteiger partial charge in [0.2, 0.25) is 5.95 Å². The Morgan fingerprint density at radius 3 is 1.97 bits per heavy atom. The normalized spacial score (nSPS) is 23.0. The lowest BCUT2D eigenvalue weighted by Gasteiger charge is -2.26. The largest absolute Gasteiger partial charge is 0.376 e. The van der Waals surface area contributed by atoms with E-state index in [4.69, 9.17) is 26.9 Å². The smallest absolute Gasteiger partial charge is 0.232 e. The fourth-order valence-electron chi connectivity index (χ4n) is 4.56. The van der Waals surface area contributed by atoms with Crippen molar-refractivity contribution in [3.05, 3.63) is 6.07 Å². The predicted molar refractivity (Wildman–Crippen MR) is 127 cm³/mol. The van der Waals surface area contributed by atoms with Gasteiger partial charge >= 0.3 is 0 Å². The number of thiocarbonyl (C=S) groups is 1. The predicted octanol–water partition coefficient (Wildman–Crippen LogP) is 3.70. The molecule has 0 radical (unpaired) electrons. The summed E-state index contributed by atoms with van der Waals surface area (Å²) < 4.78 is 5.68. The van der Waals surface area contributed by atoms with Gasteiger partial charge < -0.3 is 25.2 Å². The third kappa shape index (κ3) is 6.17. The van der Waals surface area contributed by atoms with Gasteiger partial charge in [0.25, 0.3) is 0 Å². The monoisotopic (exact) mass is 432 g/mol. The van der Waals surface area contributed by atoms with Crippen molar-refractivity contribution in [2.75, 3.05) is 54.4 Å². The van der Waals surface area contributed by atoms with E-state index in [1.54, 1.807) is 0 Å². The topological polar surface area (TPSA) is 65.6 Å². The van der Waals surface area contributed by atoms with Gasteiger partial charge in [-0.25, -0.2) is 0 Å². The Kier molecular flexibility index (Phi) is 7.97. The lowest BCUT2D eigenvalue weighted by atomic mass is 10.2. The van der Waals surface area contributed by atoms with Crippen LogP contribution in [-0.4, -0.2) is 60.5 Å². The lowest BCUT2D eigenvalue weighted by molar-refractivity contribution is 0.114. The molecule has 0 saturated carbocycles. The molecule has 0 unspecified atom stereocenters. The zero-order valence-electron chi connectivity index (χ0n) is 18.1. The highest BCUT2D eigenvalue weighted by Crippen LogP contribution is 2.25. The Hall–Kier alpha value is -1.67. The second-order valence-corrected chi connectivity index (χ2v) is 9.09. The molecule has 3 saturated heterocycles. The van der Waals surface area contributed by atoms with Crippen LogP contribution in [0.4, 0.5) is 17.6 Å². The number of aromatic nitrogens is 2. The summed E-state index contributed by atoms with van der Waals surface area (Å²) in [6.45, 7) is 5.85. The van der Waals surface area contributed by atoms with E-state index in [-0.39, 0.29) is 6.10 Å². The zero-order chi connectivity index (χ0) is 20.6. The van der Waals surface area contributed by atoms with Gasteiger partial charge in [-0.2, -0.15) is 9.97 Å². The molecule has 4 rings (SSSR count). The second kappa shape index (κ2) is 11.1. The van der Waals surface area contributed by atoms with Crippen LogP contribution in [0.15, 0.2) is 6.07 Å². The third-order valence-corrected chi connectivity index (χ3v) is 6.55. The van der Waals surface area contributed by atoms with Crippen LogP contribution < -0.4 is 20.4 Å². The number of rotatable bonds is 5. The van der Waals surface area contributed by atoms with Crippen molar-refractivity contribution < 1.29 is 4.74 Å². The van der Waals surface area contributed by atoms with Gasteiger partial charge in [-0.1, -0.05) is 25.7 Å². The third-order valence-electron chi connectivity index (χ3n) is 6.30. The van der Waals surface area contributed by atoms with Gasteiger partial charge in [0.05, 0.1) is 6.10 Å². The van der Waals surface area contributed by atoms with E-state index < -0.39 is 0 Å². The maximum Gasteiger partial charge on any atom is 0.232 e. The van der Waals surface area contributed by atoms with Crippen LogP contribution >= 0.6 is 12.2 Å². The zero-order valence-corrected chi connectivity index (χ0v) is 18.9. The van der Waals surface area contributed by atoms with E-state index in [0.29, 0.717) is 11.1 Å². The van der Waals surface area contributed by atoms with Gasteiger partial charge in [-0.15, -0.1) is 0 Å². The summed E-state index contributed by atoms with van der Waals surface area (Å²) in [7, 11) is 0. The Balaban J connectivity index is 1.49. The van der Waals surface area contributed by atoms with Crippen LogP contribution in [0.2, 0.25) is 0 Å². The molecule has 0 aliphatic carbocycles. The van der Waals surface area contributed by atoms with E-state index in [9.17, 15) is 0 Å². The van der Waals surface area contributed by atoms with Crippen molar-refractivity contribution in [2.24, 2.45) is 0 Å². The summed E-state index contributed by atoms with van der Waals surface area (Å²) >= 11 is 5.53. The average Bonchev–Trinajstić information content (AvgIpc) is 2.97. The number of hydrogen-bond donors (Lipinski definition) is 2. The Labute approximate surface area is 186 Å². The van der Waals surface area contributed by atoms with Gasteiger partial charge in [-0.3, -0.25) is 0 Å². The van der Waals surface area contributed by atoms with Gasteiger partial charge in [0.1, 0.15) is 11.6 Å². The average molecular weight is 433 g/mol. The van der Waals surface area contributed by atoms with Crippen LogP contribution in [0, 0.1) is 0 Å². The minimum Gasteiger partial charge on any atom is -0.376 e. The minimum absolute atomic E-state index is 0.252. The van der Waals surface area contributed by atoms with E-state index >= 15 is 0 Å². The van der Waals surface area contributed by atoms with Gasteiger partial charge in [0.15, 0.2) is 5.11 Å². The molecule has 1 atom stereocenters. The Morgan fingerprint density at radius 2 is 1.47 bits per heavy atom. The molecule has 1 aromatic heterocycles. The number of nitrogens with zero attached hydrogens (tertiary/aromatic N) is 4. The molecule has 0 spiro atoms. The summed E-state index contributed by atoms with van der Waals surface area (Å²) in [6.07, 6.45) is 12.6. The summed E-state index contributed by atoms with van der Waals surface area (Å²) in [5.74, 6) is 2.65. The van der Waals surface area contributed by atoms with Crippen LogP contribution in [0.3, 0.4) is 0 Å². The molecule has 0 aromatic carbocycles. The van der Waals surface area contributed by atoms with Crippen molar-refractivity contribution >= 4 is 34.9 Å². The van der Waals surface area contributed by atoms with Crippen LogP contribution in [0.25, 0.3) is 0 Å². The number of hydrogen-bond acceptors (Lipinski definition) is 6. The number of ether oxygens (including phenoxy) is 1. The molecule has 7 nitrogen and oxygen atoms in total. The maximum absolute atomic E-state index is 5.68. The van der Waals surface area contributed by atoms with Gasteiger partial charge in [0, 0.05) is 45.4 Å². The first kappa shape index (κ1) is 21.6. The molecule has 166 valence electrons. The Morgan fingerprint density at radius 1 is 0.900 bits per heavy atom. The molecular formula is C22H36N6OS. The highest BCUT2D eigenvalue weighted by atomic mass is 32.1. The number of anilines is 3. The van der Waals surface area contributed by atoms with Crippen molar-refractivity contribution in [2.45, 2.75) is 70.3 Å². The summed E-state index contributed by atoms with van der Waals surface area (Å²) in [6, 6.07) is 2.19. The first-order valence-corrected chi connectivity index (χ1v) is 12.2. The maximum atomic E-state index is 5.68. The lowest BCUT2D eigenvalue weighted by Crippen LogP contribution is -2.35. The number of nitrogens with one attached hydrogen (secondary N) is 2. The van der Waals surface area contributed by atoms with Crippen molar-refractivity contribution in [1.29, 1.82) is 0 Å². The molecule has 30 heavy (non-hydrogen) atoms. The van der Waals surface area contributed by atoms with Crippen molar-refractivity contribution in [3.8, 4) is 0 Å². The van der Waals surface area contributed by atoms with E-state index in [1.807, 2.05) is 0 Å². The molecule has 3 aliphatic rings. The highest BCUT2D eigenvalue weighted by Gasteiger charge is 2.19. The fraction of sp³-hybridized carbons (Fsp3) is 0.773. The molecular weight excluding hydrogens is 396 g/mol. The van der Waals surface area contributed by atoms with E-state index in [0.717, 1.165) is 63.8 Å². The van der Waals surface area contributed by atoms with Gasteiger partial charge in [-0.05, 0) is 50.7 Å². The van der Waals surface area contributed by atoms with E-state index in [1.165, 1.54) is 51.4 Å². The highest BCUT2D eigenvalue weighted by molar-refractivity contribution is 7.80. The van der Waals surface area contributed by atoms with Crippen LogP contribution in [-0.2, 0) is 4.74 Å². The molecule has 3 fully saturated rings. The quantitative estimate of drug-likeness (QED) is 0.683. The summed E-state index contributed by atoms with van der Waals surface area (Å²) in [5, 5.41) is 7.09. The fourth-order valence-corrected chi connectivity index (χ4v) is 4.73. The Bertz CT molecular complexity index is 642. The molecule has 1 aromatic rings. The molecule has 8 heteroatoms. The summed E-state index contributed by atoms with van der Waals surface area (Å²) in [4.78, 5) is 14.6. The second-order valence-electron chi connectivity index (χ2n) is 8.68. The molecule has 0 amide bonds. The SMILES string of the molecule is S=C(NC[C@@H]1CCCO1)Nc1nc(N2CCCCCC2)cc(N2CCCCCC2)n1. The molecule has 0 bridgehead atoms. The minimum atomic E-state index is 0.252. The van der Waals surface area contributed by atoms with Crippen molar-refractivity contribution in [3.63, 3.8) is 0 Å². The first-order valence-electron chi connectivity index (χ1n) is 11.8. The van der Waals surface area contributed by atoms with E-state index in [2.05, 4.69) is 26.5 Å². The summed E-state index contributed by atoms with van der Waals surface area (Å²) in [5.41, 5.74) is 0. The first-order chi connectivity index (χ1) is 14.8. The molecule has 4 heterocycles. The van der Waals surface area contributed by atoms with Crippen LogP contribution in [0.1, 0.15) is 64.2 Å². The van der Waals surface area contributed by atoms with Crippen LogP contribution in [0.5, 0.6) is 0 Å². The molecule has 2 N–H and O–H groups in total. The standard InChI is InChI=1S/C22H36N6OS/c30-22(23-17-18-10-9-15-29-18)26-21-24-19(27-11-5-1-2-6-12-27)16-20(25-21)28-13-7-3-4-8-14-28/h16,18H,1-15,17H2,(H2,23,24,25,26,30)/t18-/m0/s1.